The Kier molecular flexibility index (Phi) is 5.47. The van der Waals surface area contributed by atoms with Gasteiger partial charge in [0.05, 0.1) is 29.0 Å². The fraction of sp³-hybridized carbons (Fsp3) is 0.526. The van der Waals surface area contributed by atoms with Gasteiger partial charge in [-0.15, -0.1) is 0 Å². The van der Waals surface area contributed by atoms with Gasteiger partial charge < -0.3 is 9.47 Å². The average Bonchev–Trinajstić information content (AvgIpc) is 2.60. The molecule has 2 bridgehead atoms. The number of nitro benzene ring substituents is 1. The Morgan fingerprint density at radius 3 is 2.50 bits per heavy atom. The fourth-order valence-electron chi connectivity index (χ4n) is 4.13. The van der Waals surface area contributed by atoms with Gasteiger partial charge in [-0.25, -0.2) is 0 Å². The number of nitrogens with zero attached hydrogens (tertiary/aromatic N) is 2. The maximum Gasteiger partial charge on any atom is 0.315 e. The van der Waals surface area contributed by atoms with Crippen molar-refractivity contribution in [2.45, 2.75) is 43.4 Å². The molecule has 2 aliphatic heterocycles. The lowest BCUT2D eigenvalue weighted by molar-refractivity contribution is -0.387. The van der Waals surface area contributed by atoms with Crippen molar-refractivity contribution in [2.24, 2.45) is 16.8 Å². The molecule has 0 N–H and O–H groups in total. The largest absolute Gasteiger partial charge is 0.466 e. The molecule has 0 saturated heterocycles. The third kappa shape index (κ3) is 3.17. The van der Waals surface area contributed by atoms with E-state index in [0.717, 1.165) is 0 Å². The van der Waals surface area contributed by atoms with Crippen LogP contribution in [0.2, 0.25) is 0 Å². The summed E-state index contributed by atoms with van der Waals surface area (Å²) in [7, 11) is 0. The lowest BCUT2D eigenvalue weighted by Crippen LogP contribution is -2.52. The van der Waals surface area contributed by atoms with E-state index in [2.05, 4.69) is 4.99 Å². The van der Waals surface area contributed by atoms with Gasteiger partial charge in [0.15, 0.2) is 0 Å². The molecule has 0 saturated carbocycles. The lowest BCUT2D eigenvalue weighted by Gasteiger charge is -2.48. The minimum Gasteiger partial charge on any atom is -0.466 e. The number of carbonyl (C=O) groups is 2. The Hall–Kier alpha value is -2.42. The predicted octanol–water partition coefficient (Wildman–Crippen LogP) is 3.33. The summed E-state index contributed by atoms with van der Waals surface area (Å²) < 4.78 is 10.5. The average molecular weight is 406 g/mol. The van der Waals surface area contributed by atoms with Gasteiger partial charge in [-0.2, -0.15) is 0 Å². The summed E-state index contributed by atoms with van der Waals surface area (Å²) in [6.07, 6.45) is 0. The normalized spacial score (nSPS) is 28.0. The summed E-state index contributed by atoms with van der Waals surface area (Å²) in [6, 6.07) is 4.73. The van der Waals surface area contributed by atoms with Crippen LogP contribution in [-0.2, 0) is 19.1 Å². The van der Waals surface area contributed by atoms with E-state index in [1.165, 1.54) is 17.8 Å². The van der Waals surface area contributed by atoms with Gasteiger partial charge in [0, 0.05) is 17.7 Å². The maximum absolute atomic E-state index is 12.9. The highest BCUT2D eigenvalue weighted by Gasteiger charge is 2.59. The standard InChI is InChI=1S/C19H22N2O6S/c1-5-26-17(22)13-10(3)20-19(4)15(18(23)27-6-2)14(13)11-8-7-9-12(21(24)25)16(11)28-19/h7-9,13-15H,5-6H2,1-4H3. The molecule has 0 fully saturated rings. The van der Waals surface area contributed by atoms with Crippen LogP contribution in [0.3, 0.4) is 0 Å². The Balaban J connectivity index is 2.26. The molecule has 0 aromatic heterocycles. The summed E-state index contributed by atoms with van der Waals surface area (Å²) in [6.45, 7) is 7.29. The molecule has 9 heteroatoms. The number of hydrogen-bond acceptors (Lipinski definition) is 8. The van der Waals surface area contributed by atoms with Crippen molar-refractivity contribution in [3.05, 3.63) is 33.9 Å². The molecule has 4 atom stereocenters. The van der Waals surface area contributed by atoms with Crippen molar-refractivity contribution in [1.29, 1.82) is 0 Å². The maximum atomic E-state index is 12.9. The van der Waals surface area contributed by atoms with Crippen LogP contribution in [0.25, 0.3) is 0 Å². The van der Waals surface area contributed by atoms with E-state index in [4.69, 9.17) is 9.47 Å². The summed E-state index contributed by atoms with van der Waals surface area (Å²) in [5, 5.41) is 11.6. The van der Waals surface area contributed by atoms with E-state index < -0.39 is 39.5 Å². The van der Waals surface area contributed by atoms with Gasteiger partial charge in [-0.05, 0) is 33.3 Å². The molecule has 4 unspecified atom stereocenters. The predicted molar refractivity (Wildman–Crippen MR) is 103 cm³/mol. The second-order valence-electron chi connectivity index (χ2n) is 6.85. The molecule has 0 spiro atoms. The van der Waals surface area contributed by atoms with Crippen molar-refractivity contribution in [3.63, 3.8) is 0 Å². The molecule has 0 radical (unpaired) electrons. The van der Waals surface area contributed by atoms with Crippen molar-refractivity contribution >= 4 is 35.1 Å². The number of benzene rings is 1. The summed E-state index contributed by atoms with van der Waals surface area (Å²) in [5.74, 6) is -3.16. The van der Waals surface area contributed by atoms with Gasteiger partial charge in [-0.1, -0.05) is 23.9 Å². The van der Waals surface area contributed by atoms with Crippen molar-refractivity contribution in [3.8, 4) is 0 Å². The molecule has 28 heavy (non-hydrogen) atoms. The molecule has 8 nitrogen and oxygen atoms in total. The van der Waals surface area contributed by atoms with E-state index in [1.807, 2.05) is 0 Å². The number of hydrogen-bond donors (Lipinski definition) is 0. The van der Waals surface area contributed by atoms with Crippen LogP contribution in [0.4, 0.5) is 5.69 Å². The number of ether oxygens (including phenoxy) is 2. The second-order valence-corrected chi connectivity index (χ2v) is 8.29. The Morgan fingerprint density at radius 1 is 1.25 bits per heavy atom. The number of thioether (sulfide) groups is 1. The topological polar surface area (TPSA) is 108 Å². The molecule has 1 aromatic rings. The number of esters is 2. The molecule has 2 heterocycles. The molecule has 0 amide bonds. The van der Waals surface area contributed by atoms with Gasteiger partial charge in [0.1, 0.15) is 10.8 Å². The smallest absolute Gasteiger partial charge is 0.315 e. The highest BCUT2D eigenvalue weighted by Crippen LogP contribution is 2.60. The van der Waals surface area contributed by atoms with Crippen LogP contribution in [0.15, 0.2) is 28.1 Å². The molecule has 2 aliphatic rings. The number of nitro groups is 1. The zero-order valence-corrected chi connectivity index (χ0v) is 16.9. The third-order valence-corrected chi connectivity index (χ3v) is 6.52. The molecule has 150 valence electrons. The SMILES string of the molecule is CCOC(=O)C1C(C)=NC2(C)Sc3c(cccc3[N+](=O)[O-])C1C2C(=O)OCC. The van der Waals surface area contributed by atoms with Crippen LogP contribution in [0.5, 0.6) is 0 Å². The first-order chi connectivity index (χ1) is 13.2. The Morgan fingerprint density at radius 2 is 1.89 bits per heavy atom. The quantitative estimate of drug-likeness (QED) is 0.419. The summed E-state index contributed by atoms with van der Waals surface area (Å²) in [4.78, 5) is 40.9. The highest BCUT2D eigenvalue weighted by atomic mass is 32.2. The minimum absolute atomic E-state index is 0.0570. The van der Waals surface area contributed by atoms with Crippen LogP contribution >= 0.6 is 11.8 Å². The van der Waals surface area contributed by atoms with Crippen molar-refractivity contribution in [2.75, 3.05) is 13.2 Å². The zero-order valence-electron chi connectivity index (χ0n) is 16.1. The van der Waals surface area contributed by atoms with Crippen molar-refractivity contribution in [1.82, 2.24) is 0 Å². The summed E-state index contributed by atoms with van der Waals surface area (Å²) >= 11 is 1.18. The van der Waals surface area contributed by atoms with Crippen LogP contribution in [0.1, 0.15) is 39.2 Å². The van der Waals surface area contributed by atoms with Gasteiger partial charge in [-0.3, -0.25) is 24.7 Å². The Bertz CT molecular complexity index is 870. The van der Waals surface area contributed by atoms with E-state index >= 15 is 0 Å². The molecule has 3 rings (SSSR count). The highest BCUT2D eigenvalue weighted by molar-refractivity contribution is 8.01. The first-order valence-corrected chi connectivity index (χ1v) is 9.92. The fourth-order valence-corrected chi connectivity index (χ4v) is 5.67. The first kappa shape index (κ1) is 20.3. The number of carbonyl (C=O) groups excluding carboxylic acids is 2. The monoisotopic (exact) mass is 406 g/mol. The van der Waals surface area contributed by atoms with Crippen LogP contribution in [-0.4, -0.2) is 40.7 Å². The minimum atomic E-state index is -1.01. The second kappa shape index (κ2) is 7.54. The van der Waals surface area contributed by atoms with Gasteiger partial charge in [0.25, 0.3) is 5.69 Å². The number of rotatable bonds is 5. The molecular formula is C19H22N2O6S. The third-order valence-electron chi connectivity index (χ3n) is 5.11. The lowest BCUT2D eigenvalue weighted by atomic mass is 9.69. The van der Waals surface area contributed by atoms with Crippen LogP contribution in [0, 0.1) is 22.0 Å². The number of aliphatic imine (C=N–C) groups is 1. The number of fused-ring (bicyclic) bond motifs is 4. The van der Waals surface area contributed by atoms with E-state index in [9.17, 15) is 19.7 Å². The van der Waals surface area contributed by atoms with Gasteiger partial charge >= 0.3 is 11.9 Å². The van der Waals surface area contributed by atoms with E-state index in [1.54, 1.807) is 39.8 Å². The zero-order chi connectivity index (χ0) is 20.6. The first-order valence-electron chi connectivity index (χ1n) is 9.11. The van der Waals surface area contributed by atoms with E-state index in [-0.39, 0.29) is 18.9 Å². The van der Waals surface area contributed by atoms with Crippen molar-refractivity contribution < 1.29 is 24.0 Å². The van der Waals surface area contributed by atoms with E-state index in [0.29, 0.717) is 16.2 Å². The molecule has 1 aromatic carbocycles. The molecule has 0 aliphatic carbocycles. The summed E-state index contributed by atoms with van der Waals surface area (Å²) in [5.41, 5.74) is 1.08. The van der Waals surface area contributed by atoms with Gasteiger partial charge in [0.2, 0.25) is 0 Å². The molecular weight excluding hydrogens is 384 g/mol. The van der Waals surface area contributed by atoms with Crippen LogP contribution < -0.4 is 0 Å². The Labute approximate surface area is 166 Å².